The first-order chi connectivity index (χ1) is 39.7. The van der Waals surface area contributed by atoms with Crippen LogP contribution in [0.25, 0.3) is 49.9 Å². The number of aromatic nitrogens is 9. The fraction of sp³-hybridized carbons (Fsp3) is 0. The van der Waals surface area contributed by atoms with Gasteiger partial charge in [-0.25, -0.2) is 0 Å². The predicted molar refractivity (Wildman–Crippen MR) is 340 cm³/mol. The van der Waals surface area contributed by atoms with E-state index in [4.69, 9.17) is 58.4 Å². The second-order valence-corrected chi connectivity index (χ2v) is 34.2. The van der Waals surface area contributed by atoms with Gasteiger partial charge in [0.1, 0.15) is 5.69 Å². The molecular weight excluding hydrogens is 1440 g/mol. The van der Waals surface area contributed by atoms with E-state index in [1.807, 2.05) is 48.5 Å². The van der Waals surface area contributed by atoms with E-state index in [1.54, 1.807) is 6.20 Å². The summed E-state index contributed by atoms with van der Waals surface area (Å²) >= 11 is 27.9. The minimum absolute atomic E-state index is 0.0146. The molecule has 0 spiro atoms. The normalized spacial score (nSPS) is 10.2. The predicted octanol–water partition coefficient (Wildman–Crippen LogP) is 15.0. The first kappa shape index (κ1) is 59.7. The van der Waals surface area contributed by atoms with Crippen molar-refractivity contribution in [1.82, 2.24) is 44.9 Å². The van der Waals surface area contributed by atoms with E-state index in [-0.39, 0.29) is 33.0 Å². The molecule has 0 unspecified atom stereocenters. The van der Waals surface area contributed by atoms with Crippen LogP contribution in [0.4, 0.5) is 5.95 Å². The van der Waals surface area contributed by atoms with Crippen molar-refractivity contribution in [3.63, 3.8) is 0 Å². The van der Waals surface area contributed by atoms with Crippen molar-refractivity contribution in [3.05, 3.63) is 318 Å². The van der Waals surface area contributed by atoms with Crippen LogP contribution in [-0.2, 0) is 0 Å². The van der Waals surface area contributed by atoms with Gasteiger partial charge in [-0.05, 0) is 136 Å². The Bertz CT molecular complexity index is 3840. The van der Waals surface area contributed by atoms with E-state index in [0.29, 0.717) is 18.9 Å². The number of halogens is 7. The van der Waals surface area contributed by atoms with E-state index in [1.165, 1.54) is 32.5 Å². The third-order valence-corrected chi connectivity index (χ3v) is 12.3. The number of hydrogen-bond acceptors (Lipinski definition) is 9. The van der Waals surface area contributed by atoms with E-state index >= 15 is 0 Å². The number of benzene rings is 8. The topological polar surface area (TPSA) is 157 Å². The van der Waals surface area contributed by atoms with E-state index in [0.717, 1.165) is 50.1 Å². The molecule has 0 aliphatic carbocycles. The Morgan fingerprint density at radius 2 is 0.741 bits per heavy atom. The average Bonchev–Trinajstić information content (AvgIpc) is 4.03. The van der Waals surface area contributed by atoms with E-state index in [2.05, 4.69) is 275 Å². The number of hydrogen-bond donors (Lipinski definition) is 0. The molecule has 11 rings (SSSR count). The monoisotopic (exact) mass is 1470 g/mol. The molecule has 12 nitrogen and oxygen atoms in total. The zero-order valence-electron chi connectivity index (χ0n) is 42.1. The van der Waals surface area contributed by atoms with Crippen molar-refractivity contribution in [2.75, 3.05) is 0 Å². The van der Waals surface area contributed by atoms with Crippen LogP contribution < -0.4 is 13.3 Å². The van der Waals surface area contributed by atoms with Gasteiger partial charge in [-0.2, -0.15) is 34.6 Å². The fourth-order valence-corrected chi connectivity index (χ4v) is 9.01. The van der Waals surface area contributed by atoms with Gasteiger partial charge in [0.2, 0.25) is 27.1 Å². The van der Waals surface area contributed by atoms with Crippen molar-refractivity contribution >= 4 is 112 Å². The Morgan fingerprint density at radius 3 is 1.05 bits per heavy atom. The van der Waals surface area contributed by atoms with Gasteiger partial charge in [0, 0.05) is 16.0 Å². The first-order valence-corrected chi connectivity index (χ1v) is 38.2. The standard InChI is InChI=1S/C31H20Cl2N6.C28H20.C3Cl2N6.I3/c32-29-34-30(33)36-31(35-29)39-20-26(37-38-39)21-16-18-25(19-17-21)28(24-14-8-3-9-15-24)27(22-10-4-1-5-11-22)23-12-6-2-7-13-23;1-2-22-18-20-26(21-19-22)28(25-16-10-5-11-17-25)27(23-12-6-3-7-13-23)24-14-8-4-9-15-24;4-1-7-2(5)9-3(8-1)10-11-6;1-3-2/h1-20H;1,3-21H;;/q;;;-1. The molecule has 0 fully saturated rings. The third kappa shape index (κ3) is 16.8. The Kier molecular flexibility index (Phi) is 22.9. The molecule has 0 amide bonds. The van der Waals surface area contributed by atoms with E-state index < -0.39 is 0 Å². The minimum atomic E-state index is -0.141. The zero-order chi connectivity index (χ0) is 56.8. The van der Waals surface area contributed by atoms with Crippen molar-refractivity contribution in [1.29, 1.82) is 0 Å². The van der Waals surface area contributed by atoms with Crippen LogP contribution in [0.5, 0.6) is 0 Å². The molecule has 0 N–H and O–H groups in total. The maximum atomic E-state index is 7.97. The largest absolute Gasteiger partial charge is 0.227 e. The zero-order valence-corrected chi connectivity index (χ0v) is 51.6. The fourth-order valence-electron chi connectivity index (χ4n) is 8.30. The van der Waals surface area contributed by atoms with Crippen LogP contribution in [0, 0.1) is 12.3 Å². The summed E-state index contributed by atoms with van der Waals surface area (Å²) < 4.78 is 1.42. The molecule has 0 atom stereocenters. The molecule has 3 heterocycles. The maximum absolute atomic E-state index is 7.97. The summed E-state index contributed by atoms with van der Waals surface area (Å²) in [6.07, 6.45) is 7.29. The summed E-state index contributed by atoms with van der Waals surface area (Å²) in [5, 5.41) is 11.3. The summed E-state index contributed by atoms with van der Waals surface area (Å²) in [5.41, 5.74) is 24.3. The molecular formula is C62H40Cl4I3N12-. The number of rotatable bonds is 11. The molecule has 0 saturated carbocycles. The number of azide groups is 1. The van der Waals surface area contributed by atoms with Gasteiger partial charge in [-0.15, -0.1) is 11.5 Å². The summed E-state index contributed by atoms with van der Waals surface area (Å²) in [4.78, 5) is 24.7. The maximum Gasteiger partial charge on any atom is 0.227 e. The van der Waals surface area contributed by atoms with Crippen LogP contribution in [0.2, 0.25) is 21.1 Å². The first-order valence-electron chi connectivity index (χ1n) is 24.1. The molecule has 8 aromatic carbocycles. The molecule has 3 aromatic heterocycles. The van der Waals surface area contributed by atoms with Crippen LogP contribution in [0.15, 0.2) is 242 Å². The van der Waals surface area contributed by atoms with Crippen LogP contribution >= 0.6 is 83.6 Å². The van der Waals surface area contributed by atoms with E-state index in [9.17, 15) is 0 Å². The average molecular weight is 1480 g/mol. The molecule has 0 aliphatic rings. The SMILES string of the molecule is C#Cc1ccc(C(=C(c2ccccc2)c2ccccc2)c2ccccc2)cc1.Clc1nc(Cl)nc(-n2cc(-c3ccc(C(=C(c4ccccc4)c4ccccc4)c4ccccc4)cc3)nn2)n1.I[I-]I.[N-]=[N+]=Nc1nc(Cl)nc(Cl)n1. The van der Waals surface area contributed by atoms with Crippen LogP contribution in [-0.4, -0.2) is 44.9 Å². The van der Waals surface area contributed by atoms with Gasteiger partial charge >= 0.3 is 50.5 Å². The minimum Gasteiger partial charge on any atom is -0.196 e. The van der Waals surface area contributed by atoms with Gasteiger partial charge in [-0.3, -0.25) is 0 Å². The smallest absolute Gasteiger partial charge is 0.196 e. The van der Waals surface area contributed by atoms with Crippen LogP contribution in [0.1, 0.15) is 50.1 Å². The number of nitrogens with zero attached hydrogens (tertiary/aromatic N) is 12. The Morgan fingerprint density at radius 1 is 0.444 bits per heavy atom. The van der Waals surface area contributed by atoms with Gasteiger partial charge in [0.15, 0.2) is 0 Å². The molecule has 0 saturated heterocycles. The summed E-state index contributed by atoms with van der Waals surface area (Å²) in [6, 6.07) is 79.6. The van der Waals surface area contributed by atoms with Crippen LogP contribution in [0.3, 0.4) is 0 Å². The quantitative estimate of drug-likeness (QED) is 0.0309. The van der Waals surface area contributed by atoms with Gasteiger partial charge < -0.3 is 0 Å². The molecule has 398 valence electrons. The Labute approximate surface area is 517 Å². The molecule has 0 radical (unpaired) electrons. The van der Waals surface area contributed by atoms with Gasteiger partial charge in [0.25, 0.3) is 5.95 Å². The van der Waals surface area contributed by atoms with Crippen molar-refractivity contribution in [2.24, 2.45) is 5.11 Å². The summed E-state index contributed by atoms with van der Waals surface area (Å²) in [6.45, 7) is 0. The number of terminal acetylenes is 1. The molecule has 11 aromatic rings. The second kappa shape index (κ2) is 31.0. The van der Waals surface area contributed by atoms with Gasteiger partial charge in [0.05, 0.1) is 6.20 Å². The molecule has 19 heteroatoms. The van der Waals surface area contributed by atoms with Gasteiger partial charge in [-0.1, -0.05) is 230 Å². The van der Waals surface area contributed by atoms with Crippen molar-refractivity contribution in [2.45, 2.75) is 0 Å². The molecule has 0 aliphatic heterocycles. The Balaban J connectivity index is 0.000000177. The van der Waals surface area contributed by atoms with Crippen molar-refractivity contribution < 1.29 is 13.3 Å². The summed E-state index contributed by atoms with van der Waals surface area (Å²) in [5.74, 6) is 2.76. The van der Waals surface area contributed by atoms with Crippen molar-refractivity contribution in [3.8, 4) is 29.5 Å². The second-order valence-electron chi connectivity index (χ2n) is 16.6. The molecule has 81 heavy (non-hydrogen) atoms. The third-order valence-electron chi connectivity index (χ3n) is 11.7. The molecule has 0 bridgehead atoms. The Hall–Kier alpha value is -7.38. The summed E-state index contributed by atoms with van der Waals surface area (Å²) in [7, 11) is 0.